The van der Waals surface area contributed by atoms with Crippen molar-refractivity contribution in [2.45, 2.75) is 31.3 Å². The fourth-order valence-corrected chi connectivity index (χ4v) is 6.00. The second kappa shape index (κ2) is 14.8. The summed E-state index contributed by atoms with van der Waals surface area (Å²) in [6, 6.07) is 30.7. The number of fused-ring (bicyclic) bond motifs is 3. The zero-order chi connectivity index (χ0) is 32.6. The number of hydrogen-bond donors (Lipinski definition) is 2. The zero-order valence-corrected chi connectivity index (χ0v) is 26.3. The van der Waals surface area contributed by atoms with Crippen molar-refractivity contribution in [3.63, 3.8) is 0 Å². The summed E-state index contributed by atoms with van der Waals surface area (Å²) in [6.45, 7) is 3.36. The fourth-order valence-electron chi connectivity index (χ4n) is 6.00. The zero-order valence-electron chi connectivity index (χ0n) is 26.3. The van der Waals surface area contributed by atoms with Crippen LogP contribution in [0, 0.1) is 11.8 Å². The summed E-state index contributed by atoms with van der Waals surface area (Å²) in [4.78, 5) is 40.8. The standard InChI is InChI=1S/C39H37N3O5/c1-46-37(43)23-30(41-39(45)47-26-36-34-13-6-4-11-32(34)33-12-5-7-14-35(33)36)24-40-38(44)31-10-3-2-9-29(31)20-19-27-15-17-28(18-16-27)25-42-21-8-22-42/h2-7,9-18,30,36H,8,21-26H2,1H3,(H,40,44)(H,41,45). The van der Waals surface area contributed by atoms with Crippen LogP contribution in [0.4, 0.5) is 4.79 Å². The van der Waals surface area contributed by atoms with Gasteiger partial charge in [0.05, 0.1) is 25.1 Å². The highest BCUT2D eigenvalue weighted by atomic mass is 16.5. The van der Waals surface area contributed by atoms with E-state index in [1.165, 1.54) is 19.1 Å². The Morgan fingerprint density at radius 1 is 0.851 bits per heavy atom. The van der Waals surface area contributed by atoms with Gasteiger partial charge in [0.2, 0.25) is 0 Å². The van der Waals surface area contributed by atoms with Gasteiger partial charge in [0, 0.05) is 30.1 Å². The van der Waals surface area contributed by atoms with Crippen molar-refractivity contribution in [2.75, 3.05) is 33.4 Å². The van der Waals surface area contributed by atoms with Gasteiger partial charge in [-0.05, 0) is 71.6 Å². The largest absolute Gasteiger partial charge is 0.469 e. The Hall–Kier alpha value is -5.39. The molecule has 1 aliphatic carbocycles. The molecule has 1 unspecified atom stereocenters. The minimum Gasteiger partial charge on any atom is -0.469 e. The molecule has 0 saturated carbocycles. The summed E-state index contributed by atoms with van der Waals surface area (Å²) >= 11 is 0. The van der Waals surface area contributed by atoms with Crippen LogP contribution in [-0.4, -0.2) is 62.3 Å². The van der Waals surface area contributed by atoms with Crippen LogP contribution in [0.5, 0.6) is 0 Å². The molecule has 0 bridgehead atoms. The third-order valence-electron chi connectivity index (χ3n) is 8.64. The first-order valence-electron chi connectivity index (χ1n) is 15.9. The quantitative estimate of drug-likeness (QED) is 0.178. The van der Waals surface area contributed by atoms with Crippen molar-refractivity contribution >= 4 is 18.0 Å². The summed E-state index contributed by atoms with van der Waals surface area (Å²) in [6.07, 6.45) is 0.436. The number of benzene rings is 4. The lowest BCUT2D eigenvalue weighted by Crippen LogP contribution is -2.45. The molecule has 1 heterocycles. The predicted molar refractivity (Wildman–Crippen MR) is 180 cm³/mol. The molecule has 2 aliphatic rings. The Morgan fingerprint density at radius 3 is 2.17 bits per heavy atom. The Labute approximate surface area is 275 Å². The summed E-state index contributed by atoms with van der Waals surface area (Å²) in [5.41, 5.74) is 7.53. The third-order valence-corrected chi connectivity index (χ3v) is 8.64. The van der Waals surface area contributed by atoms with E-state index in [9.17, 15) is 14.4 Å². The van der Waals surface area contributed by atoms with Gasteiger partial charge in [-0.2, -0.15) is 0 Å². The lowest BCUT2D eigenvalue weighted by Gasteiger charge is -2.30. The third kappa shape index (κ3) is 7.71. The maximum Gasteiger partial charge on any atom is 0.407 e. The summed E-state index contributed by atoms with van der Waals surface area (Å²) in [7, 11) is 1.28. The van der Waals surface area contributed by atoms with E-state index in [2.05, 4.69) is 51.6 Å². The molecule has 2 amide bonds. The summed E-state index contributed by atoms with van der Waals surface area (Å²) < 4.78 is 10.5. The molecule has 47 heavy (non-hydrogen) atoms. The van der Waals surface area contributed by atoms with Gasteiger partial charge in [-0.25, -0.2) is 4.79 Å². The molecule has 4 aromatic rings. The fraction of sp³-hybridized carbons (Fsp3) is 0.256. The highest BCUT2D eigenvalue weighted by molar-refractivity contribution is 5.96. The second-order valence-corrected chi connectivity index (χ2v) is 11.8. The lowest BCUT2D eigenvalue weighted by atomic mass is 9.98. The maximum atomic E-state index is 13.3. The molecule has 0 spiro atoms. The van der Waals surface area contributed by atoms with E-state index in [0.717, 1.165) is 47.5 Å². The van der Waals surface area contributed by atoms with E-state index in [1.54, 1.807) is 18.2 Å². The average Bonchev–Trinajstić information content (AvgIpc) is 3.40. The van der Waals surface area contributed by atoms with Crippen LogP contribution in [0.3, 0.4) is 0 Å². The van der Waals surface area contributed by atoms with Crippen LogP contribution >= 0.6 is 0 Å². The number of ether oxygens (including phenoxy) is 2. The Bertz CT molecular complexity index is 1770. The number of likely N-dealkylation sites (tertiary alicyclic amines) is 1. The number of nitrogens with zero attached hydrogens (tertiary/aromatic N) is 1. The van der Waals surface area contributed by atoms with Crippen LogP contribution in [0.25, 0.3) is 11.1 Å². The van der Waals surface area contributed by atoms with E-state index < -0.39 is 18.1 Å². The Balaban J connectivity index is 1.07. The minimum absolute atomic E-state index is 0.0155. The molecule has 0 aromatic heterocycles. The van der Waals surface area contributed by atoms with E-state index in [0.29, 0.717) is 11.1 Å². The molecule has 1 aliphatic heterocycles. The van der Waals surface area contributed by atoms with Crippen LogP contribution in [-0.2, 0) is 20.8 Å². The van der Waals surface area contributed by atoms with Crippen LogP contribution in [0.2, 0.25) is 0 Å². The Morgan fingerprint density at radius 2 is 1.51 bits per heavy atom. The number of carbonyl (C=O) groups excluding carboxylic acids is 3. The van der Waals surface area contributed by atoms with Gasteiger partial charge in [0.1, 0.15) is 6.61 Å². The van der Waals surface area contributed by atoms with Crippen LogP contribution in [0.1, 0.15) is 56.9 Å². The van der Waals surface area contributed by atoms with Gasteiger partial charge in [-0.1, -0.05) is 84.6 Å². The van der Waals surface area contributed by atoms with Gasteiger partial charge < -0.3 is 20.1 Å². The normalized spacial score (nSPS) is 14.0. The highest BCUT2D eigenvalue weighted by Crippen LogP contribution is 2.44. The molecular weight excluding hydrogens is 590 g/mol. The minimum atomic E-state index is -0.755. The molecule has 8 nitrogen and oxygen atoms in total. The summed E-state index contributed by atoms with van der Waals surface area (Å²) in [5, 5.41) is 5.58. The number of nitrogens with one attached hydrogen (secondary N) is 2. The highest BCUT2D eigenvalue weighted by Gasteiger charge is 2.29. The number of methoxy groups -OCH3 is 1. The molecule has 1 saturated heterocycles. The van der Waals surface area contributed by atoms with Gasteiger partial charge in [0.25, 0.3) is 5.91 Å². The number of alkyl carbamates (subject to hydrolysis) is 1. The first-order valence-corrected chi connectivity index (χ1v) is 15.9. The molecule has 0 radical (unpaired) electrons. The molecule has 238 valence electrons. The average molecular weight is 628 g/mol. The predicted octanol–water partition coefficient (Wildman–Crippen LogP) is 5.49. The van der Waals surface area contributed by atoms with E-state index >= 15 is 0 Å². The smallest absolute Gasteiger partial charge is 0.407 e. The lowest BCUT2D eigenvalue weighted by molar-refractivity contribution is -0.141. The number of amides is 2. The molecular formula is C39H37N3O5. The van der Waals surface area contributed by atoms with Gasteiger partial charge in [0.15, 0.2) is 0 Å². The second-order valence-electron chi connectivity index (χ2n) is 11.8. The van der Waals surface area contributed by atoms with Gasteiger partial charge in [-0.15, -0.1) is 0 Å². The van der Waals surface area contributed by atoms with E-state index in [1.807, 2.05) is 54.6 Å². The Kier molecular flexibility index (Phi) is 9.95. The van der Waals surface area contributed by atoms with Crippen LogP contribution in [0.15, 0.2) is 97.1 Å². The molecule has 1 atom stereocenters. The van der Waals surface area contributed by atoms with Crippen molar-refractivity contribution < 1.29 is 23.9 Å². The van der Waals surface area contributed by atoms with Crippen LogP contribution < -0.4 is 10.6 Å². The molecule has 1 fully saturated rings. The van der Waals surface area contributed by atoms with Crippen molar-refractivity contribution in [3.05, 3.63) is 130 Å². The van der Waals surface area contributed by atoms with Gasteiger partial charge >= 0.3 is 12.1 Å². The molecule has 8 heteroatoms. The van der Waals surface area contributed by atoms with Gasteiger partial charge in [-0.3, -0.25) is 14.5 Å². The van der Waals surface area contributed by atoms with E-state index in [4.69, 9.17) is 9.47 Å². The monoisotopic (exact) mass is 627 g/mol. The van der Waals surface area contributed by atoms with Crippen molar-refractivity contribution in [1.82, 2.24) is 15.5 Å². The summed E-state index contributed by atoms with van der Waals surface area (Å²) in [5.74, 6) is 5.29. The first kappa shape index (κ1) is 31.6. The number of hydrogen-bond acceptors (Lipinski definition) is 6. The number of carbonyl (C=O) groups is 3. The van der Waals surface area contributed by atoms with E-state index in [-0.39, 0.29) is 31.4 Å². The molecule has 4 aromatic carbocycles. The number of esters is 1. The molecule has 6 rings (SSSR count). The maximum absolute atomic E-state index is 13.3. The topological polar surface area (TPSA) is 97.0 Å². The van der Waals surface area contributed by atoms with Crippen molar-refractivity contribution in [1.29, 1.82) is 0 Å². The number of rotatable bonds is 10. The molecule has 2 N–H and O–H groups in total. The van der Waals surface area contributed by atoms with Crippen molar-refractivity contribution in [3.8, 4) is 23.0 Å². The SMILES string of the molecule is COC(=O)CC(CNC(=O)c1ccccc1C#Cc1ccc(CN2CCC2)cc1)NC(=O)OCC1c2ccccc2-c2ccccc21. The first-order chi connectivity index (χ1) is 23.0. The van der Waals surface area contributed by atoms with Crippen molar-refractivity contribution in [2.24, 2.45) is 0 Å².